The van der Waals surface area contributed by atoms with E-state index in [1.165, 1.54) is 51.2 Å². The van der Waals surface area contributed by atoms with Gasteiger partial charge in [0.05, 0.1) is 6.61 Å². The fourth-order valence-electron chi connectivity index (χ4n) is 2.50. The zero-order chi connectivity index (χ0) is 17.9. The average molecular weight is 341 g/mol. The summed E-state index contributed by atoms with van der Waals surface area (Å²) in [4.78, 5) is 24.9. The molecule has 5 heteroatoms. The van der Waals surface area contributed by atoms with E-state index >= 15 is 0 Å². The van der Waals surface area contributed by atoms with Crippen LogP contribution in [-0.2, 0) is 9.53 Å². The van der Waals surface area contributed by atoms with Crippen LogP contribution in [0.5, 0.6) is 0 Å². The van der Waals surface area contributed by atoms with Crippen molar-refractivity contribution in [3.05, 3.63) is 0 Å². The topological polar surface area (TPSA) is 76.0 Å². The van der Waals surface area contributed by atoms with E-state index in [1.54, 1.807) is 0 Å². The SMILES string of the molecule is CCCCCCCCCCCOC(=O)CCCCCC=NC(=O)O. The van der Waals surface area contributed by atoms with E-state index in [4.69, 9.17) is 9.84 Å². The number of nitrogens with zero attached hydrogens (tertiary/aromatic N) is 1. The maximum atomic E-state index is 11.5. The summed E-state index contributed by atoms with van der Waals surface area (Å²) >= 11 is 0. The highest BCUT2D eigenvalue weighted by atomic mass is 16.5. The van der Waals surface area contributed by atoms with Crippen LogP contribution < -0.4 is 0 Å². The Kier molecular flexibility index (Phi) is 16.9. The second kappa shape index (κ2) is 18.0. The normalized spacial score (nSPS) is 11.0. The zero-order valence-electron chi connectivity index (χ0n) is 15.3. The van der Waals surface area contributed by atoms with Crippen molar-refractivity contribution in [3.63, 3.8) is 0 Å². The van der Waals surface area contributed by atoms with Gasteiger partial charge in [-0.05, 0) is 25.7 Å². The molecule has 1 amide bonds. The third kappa shape index (κ3) is 18.7. The monoisotopic (exact) mass is 341 g/mol. The third-order valence-corrected chi connectivity index (χ3v) is 3.93. The number of aliphatic imine (C=N–C) groups is 1. The number of amides is 1. The molecule has 0 saturated carbocycles. The third-order valence-electron chi connectivity index (χ3n) is 3.93. The maximum Gasteiger partial charge on any atom is 0.430 e. The standard InChI is InChI=1S/C19H35NO4/c1-2-3-4-5-6-7-8-11-14-17-24-18(21)15-12-9-10-13-16-20-19(22)23/h16H,2-15,17H2,1H3,(H,22,23). The van der Waals surface area contributed by atoms with Crippen LogP contribution in [0.15, 0.2) is 4.99 Å². The molecule has 0 rings (SSSR count). The van der Waals surface area contributed by atoms with Crippen LogP contribution in [0.3, 0.4) is 0 Å². The molecule has 0 aliphatic rings. The van der Waals surface area contributed by atoms with Gasteiger partial charge in [0, 0.05) is 12.6 Å². The largest absolute Gasteiger partial charge is 0.466 e. The highest BCUT2D eigenvalue weighted by Gasteiger charge is 2.02. The molecule has 5 nitrogen and oxygen atoms in total. The zero-order valence-corrected chi connectivity index (χ0v) is 15.3. The first kappa shape index (κ1) is 22.6. The summed E-state index contributed by atoms with van der Waals surface area (Å²) in [7, 11) is 0. The summed E-state index contributed by atoms with van der Waals surface area (Å²) in [5, 5.41) is 8.32. The van der Waals surface area contributed by atoms with E-state index in [1.807, 2.05) is 0 Å². The molecule has 0 aromatic rings. The minimum Gasteiger partial charge on any atom is -0.466 e. The summed E-state index contributed by atoms with van der Waals surface area (Å²) in [6.07, 6.45) is 15.2. The quantitative estimate of drug-likeness (QED) is 0.220. The molecule has 24 heavy (non-hydrogen) atoms. The van der Waals surface area contributed by atoms with Gasteiger partial charge < -0.3 is 9.84 Å². The predicted molar refractivity (Wildman–Crippen MR) is 97.8 cm³/mol. The molecule has 0 heterocycles. The predicted octanol–water partition coefficient (Wildman–Crippen LogP) is 5.76. The molecule has 0 aromatic heterocycles. The Morgan fingerprint density at radius 2 is 1.46 bits per heavy atom. The Labute approximate surface area is 146 Å². The first-order valence-corrected chi connectivity index (χ1v) is 9.58. The van der Waals surface area contributed by atoms with E-state index < -0.39 is 6.09 Å². The van der Waals surface area contributed by atoms with Crippen LogP contribution in [0.1, 0.15) is 96.8 Å². The van der Waals surface area contributed by atoms with E-state index in [9.17, 15) is 9.59 Å². The van der Waals surface area contributed by atoms with Gasteiger partial charge in [0.2, 0.25) is 0 Å². The first-order valence-electron chi connectivity index (χ1n) is 9.58. The minimum atomic E-state index is -1.16. The van der Waals surface area contributed by atoms with Crippen molar-refractivity contribution in [2.24, 2.45) is 4.99 Å². The molecule has 0 radical (unpaired) electrons. The van der Waals surface area contributed by atoms with Gasteiger partial charge in [-0.15, -0.1) is 0 Å². The summed E-state index contributed by atoms with van der Waals surface area (Å²) in [6.45, 7) is 2.78. The Morgan fingerprint density at radius 1 is 0.875 bits per heavy atom. The van der Waals surface area contributed by atoms with E-state index in [-0.39, 0.29) is 5.97 Å². The van der Waals surface area contributed by atoms with Gasteiger partial charge in [0.25, 0.3) is 0 Å². The van der Waals surface area contributed by atoms with E-state index in [0.717, 1.165) is 32.1 Å². The van der Waals surface area contributed by atoms with Gasteiger partial charge in [-0.25, -0.2) is 4.79 Å². The van der Waals surface area contributed by atoms with Gasteiger partial charge >= 0.3 is 12.1 Å². The van der Waals surface area contributed by atoms with Crippen LogP contribution in [-0.4, -0.2) is 30.0 Å². The number of rotatable bonds is 16. The van der Waals surface area contributed by atoms with Crippen LogP contribution in [0.2, 0.25) is 0 Å². The first-order chi connectivity index (χ1) is 11.7. The van der Waals surface area contributed by atoms with E-state index in [0.29, 0.717) is 19.4 Å². The Hall–Kier alpha value is -1.39. The van der Waals surface area contributed by atoms with Crippen LogP contribution in [0, 0.1) is 0 Å². The molecule has 1 N–H and O–H groups in total. The van der Waals surface area contributed by atoms with Gasteiger partial charge in [-0.2, -0.15) is 4.99 Å². The van der Waals surface area contributed by atoms with Gasteiger partial charge in [0.1, 0.15) is 0 Å². The molecule has 0 bridgehead atoms. The number of ether oxygens (including phenoxy) is 1. The summed E-state index contributed by atoms with van der Waals surface area (Å²) in [5.74, 6) is -0.117. The Bertz CT molecular complexity index is 342. The highest BCUT2D eigenvalue weighted by Crippen LogP contribution is 2.10. The van der Waals surface area contributed by atoms with Crippen molar-refractivity contribution in [1.82, 2.24) is 0 Å². The molecule has 0 aliphatic carbocycles. The molecule has 0 saturated heterocycles. The Morgan fingerprint density at radius 3 is 2.08 bits per heavy atom. The minimum absolute atomic E-state index is 0.117. The molecule has 140 valence electrons. The lowest BCUT2D eigenvalue weighted by molar-refractivity contribution is -0.143. The van der Waals surface area contributed by atoms with E-state index in [2.05, 4.69) is 11.9 Å². The van der Waals surface area contributed by atoms with Crippen molar-refractivity contribution in [2.45, 2.75) is 96.8 Å². The van der Waals surface area contributed by atoms with Crippen molar-refractivity contribution >= 4 is 18.3 Å². The summed E-state index contributed by atoms with van der Waals surface area (Å²) in [6, 6.07) is 0. The number of carboxylic acid groups (broad SMARTS) is 1. The number of unbranched alkanes of at least 4 members (excludes halogenated alkanes) is 11. The number of hydrogen-bond donors (Lipinski definition) is 1. The molecular formula is C19H35NO4. The van der Waals surface area contributed by atoms with Crippen molar-refractivity contribution in [2.75, 3.05) is 6.61 Å². The molecule has 0 aliphatic heterocycles. The summed E-state index contributed by atoms with van der Waals surface area (Å²) in [5.41, 5.74) is 0. The van der Waals surface area contributed by atoms with Crippen LogP contribution in [0.4, 0.5) is 4.79 Å². The molecule has 0 unspecified atom stereocenters. The second-order valence-electron chi connectivity index (χ2n) is 6.24. The lowest BCUT2D eigenvalue weighted by atomic mass is 10.1. The maximum absolute atomic E-state index is 11.5. The second-order valence-corrected chi connectivity index (χ2v) is 6.24. The molecule has 0 aromatic carbocycles. The molecular weight excluding hydrogens is 306 g/mol. The number of hydrogen-bond acceptors (Lipinski definition) is 3. The average Bonchev–Trinajstić information content (AvgIpc) is 2.55. The summed E-state index contributed by atoms with van der Waals surface area (Å²) < 4.78 is 5.22. The molecule has 0 fully saturated rings. The van der Waals surface area contributed by atoms with Crippen molar-refractivity contribution < 1.29 is 19.4 Å². The lowest BCUT2D eigenvalue weighted by Gasteiger charge is -2.05. The van der Waals surface area contributed by atoms with Crippen LogP contribution >= 0.6 is 0 Å². The van der Waals surface area contributed by atoms with Crippen LogP contribution in [0.25, 0.3) is 0 Å². The Balaban J connectivity index is 3.22. The fraction of sp³-hybridized carbons (Fsp3) is 0.842. The number of carbonyl (C=O) groups excluding carboxylic acids is 1. The highest BCUT2D eigenvalue weighted by molar-refractivity contribution is 5.77. The van der Waals surface area contributed by atoms with Crippen molar-refractivity contribution in [1.29, 1.82) is 0 Å². The number of esters is 1. The van der Waals surface area contributed by atoms with Crippen molar-refractivity contribution in [3.8, 4) is 0 Å². The molecule has 0 spiro atoms. The van der Waals surface area contributed by atoms with Gasteiger partial charge in [-0.3, -0.25) is 4.79 Å². The smallest absolute Gasteiger partial charge is 0.430 e. The number of carbonyl (C=O) groups is 2. The lowest BCUT2D eigenvalue weighted by Crippen LogP contribution is -2.05. The van der Waals surface area contributed by atoms with Gasteiger partial charge in [0.15, 0.2) is 0 Å². The fourth-order valence-corrected chi connectivity index (χ4v) is 2.50. The van der Waals surface area contributed by atoms with Gasteiger partial charge in [-0.1, -0.05) is 64.7 Å². The molecule has 0 atom stereocenters.